The monoisotopic (exact) mass is 590 g/mol. The van der Waals surface area contributed by atoms with Crippen LogP contribution in [-0.4, -0.2) is 92.7 Å². The molecule has 13 nitrogen and oxygen atoms in total. The SMILES string of the molecule is CN(C)c1cc2nc(-c3ccc(O)cc3O)oc2c2c1CC1CC3[C@H](N(C)C)C(=O)C(C(N)=O)=C(O)[C@@]3(O)C(=O)C1=C2O. The van der Waals surface area contributed by atoms with Gasteiger partial charge in [-0.05, 0) is 56.6 Å². The van der Waals surface area contributed by atoms with Crippen molar-refractivity contribution < 1.29 is 44.3 Å². The van der Waals surface area contributed by atoms with Crippen LogP contribution in [0.1, 0.15) is 17.5 Å². The van der Waals surface area contributed by atoms with Crippen LogP contribution < -0.4 is 10.6 Å². The number of hydrogen-bond donors (Lipinski definition) is 6. The second kappa shape index (κ2) is 9.31. The molecule has 4 atom stereocenters. The molecule has 6 rings (SSSR count). The van der Waals surface area contributed by atoms with Crippen molar-refractivity contribution in [2.45, 2.75) is 24.5 Å². The van der Waals surface area contributed by atoms with E-state index in [0.29, 0.717) is 16.8 Å². The first-order valence-electron chi connectivity index (χ1n) is 13.5. The second-order valence-electron chi connectivity index (χ2n) is 11.7. The number of carbonyl (C=O) groups is 3. The summed E-state index contributed by atoms with van der Waals surface area (Å²) in [6.45, 7) is 0. The van der Waals surface area contributed by atoms with Crippen molar-refractivity contribution in [1.82, 2.24) is 9.88 Å². The van der Waals surface area contributed by atoms with Crippen molar-refractivity contribution in [3.8, 4) is 23.0 Å². The highest BCUT2D eigenvalue weighted by Gasteiger charge is 2.64. The molecule has 0 radical (unpaired) electrons. The maximum absolute atomic E-state index is 14.2. The Hall–Kier alpha value is -4.88. The van der Waals surface area contributed by atoms with E-state index in [9.17, 15) is 39.9 Å². The summed E-state index contributed by atoms with van der Waals surface area (Å²) in [7, 11) is 6.71. The third kappa shape index (κ3) is 3.78. The van der Waals surface area contributed by atoms with E-state index in [0.717, 1.165) is 6.07 Å². The van der Waals surface area contributed by atoms with Crippen LogP contribution in [0, 0.1) is 11.8 Å². The van der Waals surface area contributed by atoms with E-state index >= 15 is 0 Å². The Bertz CT molecular complexity index is 1840. The van der Waals surface area contributed by atoms with Gasteiger partial charge < -0.3 is 40.6 Å². The predicted octanol–water partition coefficient (Wildman–Crippen LogP) is 1.54. The molecule has 1 heterocycles. The summed E-state index contributed by atoms with van der Waals surface area (Å²) in [5.74, 6) is -7.03. The van der Waals surface area contributed by atoms with Crippen molar-refractivity contribution >= 4 is 40.0 Å². The number of carbonyl (C=O) groups excluding carboxylic acids is 3. The number of anilines is 1. The van der Waals surface area contributed by atoms with Crippen LogP contribution in [0.25, 0.3) is 28.3 Å². The molecule has 1 amide bonds. The van der Waals surface area contributed by atoms with Crippen molar-refractivity contribution in [3.05, 3.63) is 52.3 Å². The smallest absolute Gasteiger partial charge is 0.255 e. The third-order valence-electron chi connectivity index (χ3n) is 8.77. The van der Waals surface area contributed by atoms with Crippen molar-refractivity contribution in [3.63, 3.8) is 0 Å². The third-order valence-corrected chi connectivity index (χ3v) is 8.77. The van der Waals surface area contributed by atoms with Gasteiger partial charge in [0, 0.05) is 37.3 Å². The average Bonchev–Trinajstić information content (AvgIpc) is 3.33. The van der Waals surface area contributed by atoms with Crippen LogP contribution in [-0.2, 0) is 20.8 Å². The number of aliphatic hydroxyl groups excluding tert-OH is 2. The lowest BCUT2D eigenvalue weighted by atomic mass is 9.57. The van der Waals surface area contributed by atoms with E-state index in [1.165, 1.54) is 17.0 Å². The maximum Gasteiger partial charge on any atom is 0.255 e. The van der Waals surface area contributed by atoms with Gasteiger partial charge in [0.15, 0.2) is 17.0 Å². The first kappa shape index (κ1) is 28.2. The van der Waals surface area contributed by atoms with Gasteiger partial charge in [0.25, 0.3) is 5.91 Å². The van der Waals surface area contributed by atoms with Gasteiger partial charge in [0.1, 0.15) is 34.1 Å². The molecule has 2 unspecified atom stereocenters. The number of fused-ring (bicyclic) bond motifs is 5. The minimum absolute atomic E-state index is 0.00881. The number of aromatic hydroxyl groups is 2. The second-order valence-corrected chi connectivity index (χ2v) is 11.7. The van der Waals surface area contributed by atoms with Crippen LogP contribution in [0.5, 0.6) is 11.5 Å². The fourth-order valence-electron chi connectivity index (χ4n) is 6.90. The zero-order valence-electron chi connectivity index (χ0n) is 23.7. The number of Topliss-reactive ketones (excluding diaryl/α,β-unsaturated/α-hetero) is 2. The first-order chi connectivity index (χ1) is 20.2. The normalized spacial score (nSPS) is 25.2. The van der Waals surface area contributed by atoms with Crippen molar-refractivity contribution in [2.24, 2.45) is 17.6 Å². The Labute approximate surface area is 244 Å². The number of benzene rings is 2. The average molecular weight is 591 g/mol. The molecule has 0 saturated heterocycles. The van der Waals surface area contributed by atoms with E-state index in [1.54, 1.807) is 34.3 Å². The van der Waals surface area contributed by atoms with Gasteiger partial charge in [-0.3, -0.25) is 19.3 Å². The highest BCUT2D eigenvalue weighted by Crippen LogP contribution is 2.53. The summed E-state index contributed by atoms with van der Waals surface area (Å²) in [6, 6.07) is 4.49. The van der Waals surface area contributed by atoms with E-state index < -0.39 is 58.0 Å². The molecule has 43 heavy (non-hydrogen) atoms. The first-order valence-corrected chi connectivity index (χ1v) is 13.5. The van der Waals surface area contributed by atoms with E-state index in [1.807, 2.05) is 4.90 Å². The molecule has 3 aliphatic carbocycles. The number of primary amides is 1. The highest BCUT2D eigenvalue weighted by atomic mass is 16.4. The fourth-order valence-corrected chi connectivity index (χ4v) is 6.90. The van der Waals surface area contributed by atoms with Gasteiger partial charge in [0.05, 0.1) is 17.2 Å². The van der Waals surface area contributed by atoms with Crippen LogP contribution in [0.2, 0.25) is 0 Å². The van der Waals surface area contributed by atoms with Gasteiger partial charge >= 0.3 is 0 Å². The summed E-state index contributed by atoms with van der Waals surface area (Å²) in [5.41, 5.74) is 3.68. The number of oxazole rings is 1. The molecule has 2 aromatic carbocycles. The molecule has 3 aromatic rings. The Balaban J connectivity index is 1.61. The largest absolute Gasteiger partial charge is 0.508 e. The number of nitrogens with two attached hydrogens (primary N) is 1. The van der Waals surface area contributed by atoms with Gasteiger partial charge in [-0.25, -0.2) is 4.98 Å². The number of phenols is 2. The molecule has 1 saturated carbocycles. The highest BCUT2D eigenvalue weighted by molar-refractivity contribution is 6.24. The van der Waals surface area contributed by atoms with Crippen LogP contribution >= 0.6 is 0 Å². The molecule has 0 aliphatic heterocycles. The van der Waals surface area contributed by atoms with E-state index in [-0.39, 0.29) is 52.5 Å². The lowest BCUT2D eigenvalue weighted by Gasteiger charge is -2.50. The molecule has 7 N–H and O–H groups in total. The zero-order chi connectivity index (χ0) is 31.3. The number of aromatic nitrogens is 1. The van der Waals surface area contributed by atoms with Gasteiger partial charge in [0.2, 0.25) is 11.7 Å². The summed E-state index contributed by atoms with van der Waals surface area (Å²) >= 11 is 0. The fraction of sp³-hybridized carbons (Fsp3) is 0.333. The summed E-state index contributed by atoms with van der Waals surface area (Å²) in [6.07, 6.45) is 0.220. The topological polar surface area (TPSA) is 211 Å². The number of nitrogens with zero attached hydrogens (tertiary/aromatic N) is 3. The summed E-state index contributed by atoms with van der Waals surface area (Å²) in [4.78, 5) is 47.5. The molecule has 0 spiro atoms. The standard InChI is InChI=1S/C30H30N4O9/c1-33(2)17-10-16-25(43-29(32-16)13-6-5-12(35)9-18(13)36)20-14(17)7-11-8-15-22(34(3)4)24(38)21(28(31)41)27(40)30(15,42)26(39)19(11)23(20)37/h5-6,9-11,15,22,35-37,40,42H,7-8H2,1-4H3,(H2,31,41)/t11?,15?,22-,30-/m0/s1. The molecule has 224 valence electrons. The molecule has 3 aliphatic rings. The number of hydrogen-bond acceptors (Lipinski definition) is 12. The Kier molecular flexibility index (Phi) is 6.12. The van der Waals surface area contributed by atoms with Crippen molar-refractivity contribution in [1.29, 1.82) is 0 Å². The lowest BCUT2D eigenvalue weighted by molar-refractivity contribution is -0.153. The van der Waals surface area contributed by atoms with Gasteiger partial charge in [-0.1, -0.05) is 0 Å². The Morgan fingerprint density at radius 1 is 1.09 bits per heavy atom. The molecular formula is C30H30N4O9. The number of rotatable bonds is 4. The quantitative estimate of drug-likeness (QED) is 0.239. The molecule has 1 fully saturated rings. The van der Waals surface area contributed by atoms with E-state index in [4.69, 9.17) is 10.2 Å². The zero-order valence-corrected chi connectivity index (χ0v) is 23.7. The molecule has 0 bridgehead atoms. The molecule has 13 heteroatoms. The summed E-state index contributed by atoms with van der Waals surface area (Å²) in [5, 5.41) is 54.8. The van der Waals surface area contributed by atoms with Crippen molar-refractivity contribution in [2.75, 3.05) is 33.1 Å². The number of aliphatic hydroxyl groups is 3. The lowest BCUT2D eigenvalue weighted by Crippen LogP contribution is -2.65. The molecule has 1 aromatic heterocycles. The van der Waals surface area contributed by atoms with E-state index in [2.05, 4.69) is 4.98 Å². The van der Waals surface area contributed by atoms with Gasteiger partial charge in [-0.2, -0.15) is 0 Å². The maximum atomic E-state index is 14.2. The Morgan fingerprint density at radius 2 is 1.79 bits per heavy atom. The predicted molar refractivity (Wildman–Crippen MR) is 153 cm³/mol. The minimum Gasteiger partial charge on any atom is -0.508 e. The number of ketones is 2. The molecular weight excluding hydrogens is 560 g/mol. The summed E-state index contributed by atoms with van der Waals surface area (Å²) < 4.78 is 6.05. The van der Waals surface area contributed by atoms with Gasteiger partial charge in [-0.15, -0.1) is 0 Å². The van der Waals surface area contributed by atoms with Crippen LogP contribution in [0.15, 0.2) is 45.6 Å². The van der Waals surface area contributed by atoms with Crippen LogP contribution in [0.3, 0.4) is 0 Å². The number of amides is 1. The minimum atomic E-state index is -2.70. The number of likely N-dealkylation sites (N-methyl/N-ethyl adjacent to an activating group) is 1. The number of phenolic OH excluding ortho intramolecular Hbond substituents is 2. The van der Waals surface area contributed by atoms with Crippen LogP contribution in [0.4, 0.5) is 5.69 Å². The Morgan fingerprint density at radius 3 is 2.40 bits per heavy atom.